The van der Waals surface area contributed by atoms with E-state index in [1.54, 1.807) is 6.92 Å². The van der Waals surface area contributed by atoms with E-state index in [2.05, 4.69) is 4.90 Å². The second-order valence-corrected chi connectivity index (χ2v) is 5.77. The van der Waals surface area contributed by atoms with Crippen molar-refractivity contribution in [2.24, 2.45) is 5.92 Å². The van der Waals surface area contributed by atoms with Crippen LogP contribution in [0, 0.1) is 11.7 Å². The lowest BCUT2D eigenvalue weighted by molar-refractivity contribution is -0.150. The van der Waals surface area contributed by atoms with E-state index in [4.69, 9.17) is 9.47 Å². The molecule has 5 nitrogen and oxygen atoms in total. The number of aliphatic hydroxyl groups is 1. The molecule has 1 saturated heterocycles. The molecule has 0 radical (unpaired) electrons. The van der Waals surface area contributed by atoms with Gasteiger partial charge in [0.05, 0.1) is 12.5 Å². The Labute approximate surface area is 136 Å². The Hall–Kier alpha value is -1.66. The lowest BCUT2D eigenvalue weighted by Gasteiger charge is -2.32. The van der Waals surface area contributed by atoms with E-state index in [-0.39, 0.29) is 24.3 Å². The van der Waals surface area contributed by atoms with Gasteiger partial charge in [-0.1, -0.05) is 0 Å². The van der Waals surface area contributed by atoms with E-state index < -0.39 is 6.10 Å². The van der Waals surface area contributed by atoms with Crippen LogP contribution in [0.3, 0.4) is 0 Å². The van der Waals surface area contributed by atoms with Crippen molar-refractivity contribution in [3.05, 3.63) is 30.1 Å². The molecule has 6 heteroatoms. The third-order valence-corrected chi connectivity index (χ3v) is 3.85. The first kappa shape index (κ1) is 17.7. The van der Waals surface area contributed by atoms with Crippen LogP contribution in [0.15, 0.2) is 24.3 Å². The number of carbonyl (C=O) groups is 1. The molecule has 0 aromatic heterocycles. The molecule has 1 aromatic carbocycles. The Bertz CT molecular complexity index is 494. The fourth-order valence-electron chi connectivity index (χ4n) is 2.75. The molecule has 1 fully saturated rings. The molecule has 1 aliphatic heterocycles. The van der Waals surface area contributed by atoms with Gasteiger partial charge in [-0.25, -0.2) is 4.39 Å². The fourth-order valence-corrected chi connectivity index (χ4v) is 2.75. The number of β-amino-alcohol motifs (C(OH)–C–C–N with tert-alkyl or cyclic N) is 1. The summed E-state index contributed by atoms with van der Waals surface area (Å²) >= 11 is 0. The third-order valence-electron chi connectivity index (χ3n) is 3.85. The number of hydrogen-bond donors (Lipinski definition) is 1. The number of halogens is 1. The number of esters is 1. The summed E-state index contributed by atoms with van der Waals surface area (Å²) < 4.78 is 23.3. The molecule has 0 saturated carbocycles. The minimum Gasteiger partial charge on any atom is -0.491 e. The van der Waals surface area contributed by atoms with Crippen LogP contribution >= 0.6 is 0 Å². The monoisotopic (exact) mass is 325 g/mol. The minimum absolute atomic E-state index is 0.117. The number of rotatable bonds is 7. The molecular weight excluding hydrogens is 301 g/mol. The number of likely N-dealkylation sites (tertiary alicyclic amines) is 1. The zero-order chi connectivity index (χ0) is 16.7. The summed E-state index contributed by atoms with van der Waals surface area (Å²) in [5, 5.41) is 10.1. The number of hydrogen-bond acceptors (Lipinski definition) is 5. The number of ether oxygens (including phenoxy) is 2. The van der Waals surface area contributed by atoms with E-state index in [0.29, 0.717) is 25.4 Å². The van der Waals surface area contributed by atoms with Crippen molar-refractivity contribution in [3.8, 4) is 5.75 Å². The fraction of sp³-hybridized carbons (Fsp3) is 0.588. The van der Waals surface area contributed by atoms with E-state index in [1.807, 2.05) is 0 Å². The highest BCUT2D eigenvalue weighted by Gasteiger charge is 2.27. The molecular formula is C17H24FNO4. The van der Waals surface area contributed by atoms with Gasteiger partial charge in [0.15, 0.2) is 0 Å². The predicted octanol–water partition coefficient (Wildman–Crippen LogP) is 1.84. The zero-order valence-electron chi connectivity index (χ0n) is 13.4. The van der Waals surface area contributed by atoms with Crippen LogP contribution in [-0.4, -0.2) is 54.9 Å². The smallest absolute Gasteiger partial charge is 0.310 e. The summed E-state index contributed by atoms with van der Waals surface area (Å²) in [6, 6.07) is 5.69. The molecule has 0 amide bonds. The van der Waals surface area contributed by atoms with E-state index in [1.165, 1.54) is 24.3 Å². The van der Waals surface area contributed by atoms with Gasteiger partial charge in [0, 0.05) is 13.1 Å². The number of aliphatic hydroxyl groups excluding tert-OH is 1. The van der Waals surface area contributed by atoms with Crippen LogP contribution in [0.25, 0.3) is 0 Å². The van der Waals surface area contributed by atoms with Crippen LogP contribution in [0.1, 0.15) is 19.8 Å². The second kappa shape index (κ2) is 8.84. The van der Waals surface area contributed by atoms with E-state index >= 15 is 0 Å². The average molecular weight is 325 g/mol. The Morgan fingerprint density at radius 2 is 2.17 bits per heavy atom. The second-order valence-electron chi connectivity index (χ2n) is 5.77. The van der Waals surface area contributed by atoms with Crippen molar-refractivity contribution in [1.29, 1.82) is 0 Å². The molecule has 2 atom stereocenters. The van der Waals surface area contributed by atoms with Crippen molar-refractivity contribution < 1.29 is 23.8 Å². The van der Waals surface area contributed by atoms with Gasteiger partial charge in [0.1, 0.15) is 24.3 Å². The van der Waals surface area contributed by atoms with Crippen molar-refractivity contribution in [3.63, 3.8) is 0 Å². The average Bonchev–Trinajstić information content (AvgIpc) is 2.55. The Morgan fingerprint density at radius 3 is 2.87 bits per heavy atom. The molecule has 128 valence electrons. The standard InChI is InChI=1S/C17H24FNO4/c1-2-22-17(21)13-4-3-9-19(10-13)11-15(20)12-23-16-7-5-14(18)6-8-16/h5-8,13,15,20H,2-4,9-12H2,1H3. The van der Waals surface area contributed by atoms with Gasteiger partial charge in [0.25, 0.3) is 0 Å². The maximum Gasteiger partial charge on any atom is 0.310 e. The number of benzene rings is 1. The molecule has 1 aromatic rings. The lowest BCUT2D eigenvalue weighted by atomic mass is 9.98. The SMILES string of the molecule is CCOC(=O)C1CCCN(CC(O)COc2ccc(F)cc2)C1. The van der Waals surface area contributed by atoms with Crippen molar-refractivity contribution >= 4 is 5.97 Å². The highest BCUT2D eigenvalue weighted by Crippen LogP contribution is 2.18. The van der Waals surface area contributed by atoms with E-state index in [0.717, 1.165) is 19.4 Å². The topological polar surface area (TPSA) is 59.0 Å². The van der Waals surface area contributed by atoms with Gasteiger partial charge < -0.3 is 14.6 Å². The van der Waals surface area contributed by atoms with Crippen molar-refractivity contribution in [2.75, 3.05) is 32.8 Å². The lowest BCUT2D eigenvalue weighted by Crippen LogP contribution is -2.44. The summed E-state index contributed by atoms with van der Waals surface area (Å²) in [6.45, 7) is 4.22. The number of nitrogens with zero attached hydrogens (tertiary/aromatic N) is 1. The molecule has 1 heterocycles. The minimum atomic E-state index is -0.666. The van der Waals surface area contributed by atoms with E-state index in [9.17, 15) is 14.3 Å². The van der Waals surface area contributed by atoms with Crippen LogP contribution < -0.4 is 4.74 Å². The van der Waals surface area contributed by atoms with Crippen LogP contribution in [0.4, 0.5) is 4.39 Å². The first-order chi connectivity index (χ1) is 11.1. The Morgan fingerprint density at radius 1 is 1.43 bits per heavy atom. The molecule has 1 N–H and O–H groups in total. The molecule has 2 unspecified atom stereocenters. The van der Waals surface area contributed by atoms with Crippen molar-refractivity contribution in [2.45, 2.75) is 25.9 Å². The summed E-state index contributed by atoms with van der Waals surface area (Å²) in [5.41, 5.74) is 0. The van der Waals surface area contributed by atoms with Gasteiger partial charge in [-0.3, -0.25) is 9.69 Å². The summed E-state index contributed by atoms with van der Waals surface area (Å²) in [4.78, 5) is 13.9. The highest BCUT2D eigenvalue weighted by molar-refractivity contribution is 5.72. The Kier molecular flexibility index (Phi) is 6.80. The maximum absolute atomic E-state index is 12.8. The van der Waals surface area contributed by atoms with Gasteiger partial charge in [-0.05, 0) is 50.6 Å². The molecule has 23 heavy (non-hydrogen) atoms. The van der Waals surface area contributed by atoms with Gasteiger partial charge in [-0.2, -0.15) is 0 Å². The zero-order valence-corrected chi connectivity index (χ0v) is 13.4. The summed E-state index contributed by atoms with van der Waals surface area (Å²) in [6.07, 6.45) is 1.08. The molecule has 0 aliphatic carbocycles. The van der Waals surface area contributed by atoms with Gasteiger partial charge in [-0.15, -0.1) is 0 Å². The molecule has 1 aliphatic rings. The molecule has 2 rings (SSSR count). The van der Waals surface area contributed by atoms with Crippen LogP contribution in [0.5, 0.6) is 5.75 Å². The largest absolute Gasteiger partial charge is 0.491 e. The van der Waals surface area contributed by atoms with Gasteiger partial charge >= 0.3 is 5.97 Å². The first-order valence-corrected chi connectivity index (χ1v) is 8.04. The molecule has 0 bridgehead atoms. The highest BCUT2D eigenvalue weighted by atomic mass is 19.1. The molecule has 0 spiro atoms. The maximum atomic E-state index is 12.8. The Balaban J connectivity index is 1.74. The summed E-state index contributed by atoms with van der Waals surface area (Å²) in [5.74, 6) is -0.0760. The normalized spacial score (nSPS) is 20.0. The number of carbonyl (C=O) groups excluding carboxylic acids is 1. The van der Waals surface area contributed by atoms with Crippen LogP contribution in [-0.2, 0) is 9.53 Å². The first-order valence-electron chi connectivity index (χ1n) is 8.04. The van der Waals surface area contributed by atoms with Crippen LogP contribution in [0.2, 0.25) is 0 Å². The van der Waals surface area contributed by atoms with Crippen molar-refractivity contribution in [1.82, 2.24) is 4.90 Å². The van der Waals surface area contributed by atoms with Gasteiger partial charge in [0.2, 0.25) is 0 Å². The third kappa shape index (κ3) is 5.80. The quantitative estimate of drug-likeness (QED) is 0.775. The number of piperidine rings is 1. The summed E-state index contributed by atoms with van der Waals surface area (Å²) in [7, 11) is 0. The predicted molar refractivity (Wildman–Crippen MR) is 83.7 cm³/mol.